The van der Waals surface area contributed by atoms with Gasteiger partial charge in [0.25, 0.3) is 5.91 Å². The minimum absolute atomic E-state index is 0. The molecule has 3 N–H and O–H groups in total. The molecule has 1 aromatic rings. The predicted molar refractivity (Wildman–Crippen MR) is 98.6 cm³/mol. The van der Waals surface area contributed by atoms with Crippen molar-refractivity contribution in [3.05, 3.63) is 35.4 Å². The molecular formula is C15H25IN4O. The van der Waals surface area contributed by atoms with Crippen molar-refractivity contribution < 1.29 is 4.79 Å². The van der Waals surface area contributed by atoms with Crippen molar-refractivity contribution in [2.24, 2.45) is 4.99 Å². The lowest BCUT2D eigenvalue weighted by Crippen LogP contribution is -2.41. The van der Waals surface area contributed by atoms with E-state index in [0.29, 0.717) is 11.6 Å². The Hall–Kier alpha value is -1.31. The first-order chi connectivity index (χ1) is 9.56. The summed E-state index contributed by atoms with van der Waals surface area (Å²) >= 11 is 0. The number of benzene rings is 1. The molecule has 0 fully saturated rings. The van der Waals surface area contributed by atoms with E-state index in [-0.39, 0.29) is 29.9 Å². The van der Waals surface area contributed by atoms with Crippen LogP contribution in [0.5, 0.6) is 0 Å². The summed E-state index contributed by atoms with van der Waals surface area (Å²) < 4.78 is 0. The number of hydrogen-bond acceptors (Lipinski definition) is 2. The smallest absolute Gasteiger partial charge is 0.251 e. The van der Waals surface area contributed by atoms with E-state index in [1.807, 2.05) is 24.3 Å². The van der Waals surface area contributed by atoms with Crippen LogP contribution in [0.15, 0.2) is 29.3 Å². The number of guanidine groups is 1. The van der Waals surface area contributed by atoms with Crippen molar-refractivity contribution in [1.29, 1.82) is 0 Å². The molecule has 5 nitrogen and oxygen atoms in total. The topological polar surface area (TPSA) is 65.5 Å². The Kier molecular flexibility index (Phi) is 9.77. The molecule has 0 unspecified atom stereocenters. The lowest BCUT2D eigenvalue weighted by molar-refractivity contribution is 0.0963. The van der Waals surface area contributed by atoms with Crippen LogP contribution in [0.1, 0.15) is 29.8 Å². The second-order valence-corrected chi connectivity index (χ2v) is 4.83. The molecule has 6 heteroatoms. The van der Waals surface area contributed by atoms with Gasteiger partial charge in [0, 0.05) is 32.2 Å². The Morgan fingerprint density at radius 2 is 2.05 bits per heavy atom. The highest BCUT2D eigenvalue weighted by atomic mass is 127. The van der Waals surface area contributed by atoms with Gasteiger partial charge in [-0.3, -0.25) is 9.79 Å². The predicted octanol–water partition coefficient (Wildman–Crippen LogP) is 1.78. The molecule has 0 spiro atoms. The number of halogens is 1. The third-order valence-electron chi connectivity index (χ3n) is 2.77. The van der Waals surface area contributed by atoms with Crippen LogP contribution in [0.3, 0.4) is 0 Å². The molecule has 0 atom stereocenters. The minimum Gasteiger partial charge on any atom is -0.356 e. The van der Waals surface area contributed by atoms with Crippen LogP contribution < -0.4 is 16.0 Å². The molecule has 0 saturated carbocycles. The van der Waals surface area contributed by atoms with Crippen LogP contribution in [0, 0.1) is 0 Å². The van der Waals surface area contributed by atoms with Crippen molar-refractivity contribution in [3.63, 3.8) is 0 Å². The average molecular weight is 404 g/mol. The van der Waals surface area contributed by atoms with Gasteiger partial charge in [0.1, 0.15) is 0 Å². The first-order valence-corrected chi connectivity index (χ1v) is 6.85. The Morgan fingerprint density at radius 3 is 2.62 bits per heavy atom. The summed E-state index contributed by atoms with van der Waals surface area (Å²) in [5.74, 6) is 0.736. The number of nitrogens with one attached hydrogen (secondary N) is 3. The Morgan fingerprint density at radius 1 is 1.33 bits per heavy atom. The van der Waals surface area contributed by atoms with Crippen molar-refractivity contribution in [2.45, 2.75) is 26.3 Å². The van der Waals surface area contributed by atoms with Crippen LogP contribution in [-0.4, -0.2) is 38.5 Å². The van der Waals surface area contributed by atoms with E-state index in [2.05, 4.69) is 34.8 Å². The Balaban J connectivity index is 0.00000400. The number of aliphatic imine (C=N–C) groups is 1. The van der Waals surface area contributed by atoms with E-state index in [4.69, 9.17) is 0 Å². The monoisotopic (exact) mass is 404 g/mol. The minimum atomic E-state index is -0.0582. The normalized spacial score (nSPS) is 10.8. The van der Waals surface area contributed by atoms with Crippen LogP contribution in [0.2, 0.25) is 0 Å². The summed E-state index contributed by atoms with van der Waals surface area (Å²) in [5, 5.41) is 9.11. The molecule has 0 aliphatic rings. The zero-order valence-corrected chi connectivity index (χ0v) is 15.4. The number of rotatable bonds is 5. The van der Waals surface area contributed by atoms with Crippen LogP contribution in [-0.2, 0) is 6.42 Å². The van der Waals surface area contributed by atoms with Gasteiger partial charge in [-0.05, 0) is 38.0 Å². The lowest BCUT2D eigenvalue weighted by Gasteiger charge is -2.14. The second kappa shape index (κ2) is 10.4. The molecule has 0 aliphatic heterocycles. The van der Waals surface area contributed by atoms with Gasteiger partial charge in [-0.2, -0.15) is 0 Å². The standard InChI is InChI=1S/C15H24N4O.HI/c1-11(2)19-15(17-4)18-9-8-12-6-5-7-13(10-12)14(20)16-3;/h5-7,10-11H,8-9H2,1-4H3,(H,16,20)(H2,17,18,19);1H. The summed E-state index contributed by atoms with van der Waals surface area (Å²) in [5.41, 5.74) is 1.81. The zero-order valence-electron chi connectivity index (χ0n) is 13.1. The summed E-state index contributed by atoms with van der Waals surface area (Å²) in [6, 6.07) is 8.00. The van der Waals surface area contributed by atoms with Gasteiger partial charge in [0.05, 0.1) is 0 Å². The number of carbonyl (C=O) groups excluding carboxylic acids is 1. The maximum absolute atomic E-state index is 11.6. The van der Waals surface area contributed by atoms with Gasteiger partial charge in [-0.25, -0.2) is 0 Å². The third-order valence-corrected chi connectivity index (χ3v) is 2.77. The van der Waals surface area contributed by atoms with E-state index in [9.17, 15) is 4.79 Å². The Labute approximate surface area is 144 Å². The van der Waals surface area contributed by atoms with Gasteiger partial charge < -0.3 is 16.0 Å². The molecule has 0 saturated heterocycles. The number of carbonyl (C=O) groups is 1. The van der Waals surface area contributed by atoms with Crippen molar-refractivity contribution in [1.82, 2.24) is 16.0 Å². The van der Waals surface area contributed by atoms with E-state index in [0.717, 1.165) is 24.5 Å². The van der Waals surface area contributed by atoms with Gasteiger partial charge in [0.15, 0.2) is 5.96 Å². The van der Waals surface area contributed by atoms with Crippen molar-refractivity contribution >= 4 is 35.8 Å². The van der Waals surface area contributed by atoms with Gasteiger partial charge in [-0.15, -0.1) is 24.0 Å². The molecule has 0 aliphatic carbocycles. The highest BCUT2D eigenvalue weighted by molar-refractivity contribution is 14.0. The van der Waals surface area contributed by atoms with Gasteiger partial charge in [0.2, 0.25) is 0 Å². The maximum Gasteiger partial charge on any atom is 0.251 e. The van der Waals surface area contributed by atoms with E-state index >= 15 is 0 Å². The Bertz CT molecular complexity index is 474. The molecule has 0 aromatic heterocycles. The molecule has 0 heterocycles. The maximum atomic E-state index is 11.6. The van der Waals surface area contributed by atoms with E-state index < -0.39 is 0 Å². The van der Waals surface area contributed by atoms with E-state index in [1.165, 1.54) is 0 Å². The van der Waals surface area contributed by atoms with Gasteiger partial charge in [-0.1, -0.05) is 12.1 Å². The number of amides is 1. The van der Waals surface area contributed by atoms with Crippen LogP contribution >= 0.6 is 24.0 Å². The van der Waals surface area contributed by atoms with Crippen LogP contribution in [0.4, 0.5) is 0 Å². The quantitative estimate of drug-likeness (QED) is 0.398. The second-order valence-electron chi connectivity index (χ2n) is 4.83. The molecule has 1 amide bonds. The molecule has 21 heavy (non-hydrogen) atoms. The third kappa shape index (κ3) is 7.31. The SMILES string of the molecule is CN=C(NCCc1cccc(C(=O)NC)c1)NC(C)C.I. The summed E-state index contributed by atoms with van der Waals surface area (Å²) in [6.07, 6.45) is 0.837. The first kappa shape index (κ1) is 19.7. The van der Waals surface area contributed by atoms with Crippen molar-refractivity contribution in [3.8, 4) is 0 Å². The molecule has 118 valence electrons. The molecule has 1 rings (SSSR count). The fraction of sp³-hybridized carbons (Fsp3) is 0.467. The highest BCUT2D eigenvalue weighted by Gasteiger charge is 2.04. The lowest BCUT2D eigenvalue weighted by atomic mass is 10.1. The highest BCUT2D eigenvalue weighted by Crippen LogP contribution is 2.05. The van der Waals surface area contributed by atoms with Crippen molar-refractivity contribution in [2.75, 3.05) is 20.6 Å². The number of hydrogen-bond donors (Lipinski definition) is 3. The fourth-order valence-electron chi connectivity index (χ4n) is 1.81. The average Bonchev–Trinajstić information content (AvgIpc) is 2.45. The molecule has 0 bridgehead atoms. The molecule has 0 radical (unpaired) electrons. The molecular weight excluding hydrogens is 379 g/mol. The molecule has 1 aromatic carbocycles. The largest absolute Gasteiger partial charge is 0.356 e. The summed E-state index contributed by atoms with van der Waals surface area (Å²) in [4.78, 5) is 15.7. The fourth-order valence-corrected chi connectivity index (χ4v) is 1.81. The van der Waals surface area contributed by atoms with Gasteiger partial charge >= 0.3 is 0 Å². The summed E-state index contributed by atoms with van der Waals surface area (Å²) in [6.45, 7) is 4.91. The first-order valence-electron chi connectivity index (χ1n) is 6.85. The van der Waals surface area contributed by atoms with Crippen LogP contribution in [0.25, 0.3) is 0 Å². The van der Waals surface area contributed by atoms with E-state index in [1.54, 1.807) is 14.1 Å². The zero-order chi connectivity index (χ0) is 15.0. The summed E-state index contributed by atoms with van der Waals surface area (Å²) in [7, 11) is 3.39. The number of nitrogens with zero attached hydrogens (tertiary/aromatic N) is 1.